The highest BCUT2D eigenvalue weighted by Crippen LogP contribution is 2.32. The first-order valence-corrected chi connectivity index (χ1v) is 16.6. The van der Waals surface area contributed by atoms with Crippen LogP contribution in [0.4, 0.5) is 26.3 Å². The third kappa shape index (κ3) is 8.32. The Morgan fingerprint density at radius 3 is 1.15 bits per heavy atom. The lowest BCUT2D eigenvalue weighted by Crippen LogP contribution is -2.14. The second-order valence-corrected chi connectivity index (χ2v) is 12.3. The molecule has 14 heteroatoms. The summed E-state index contributed by atoms with van der Waals surface area (Å²) in [6, 6.07) is 21.3. The van der Waals surface area contributed by atoms with Crippen molar-refractivity contribution < 1.29 is 31.4 Å². The maximum absolute atomic E-state index is 12.9. The number of halogens is 7. The van der Waals surface area contributed by atoms with Crippen molar-refractivity contribution in [2.45, 2.75) is 58.0 Å². The van der Waals surface area contributed by atoms with E-state index in [4.69, 9.17) is 0 Å². The quantitative estimate of drug-likeness (QED) is 0.110. The highest BCUT2D eigenvalue weighted by Gasteiger charge is 2.37. The largest absolute Gasteiger partial charge is 0.452 e. The maximum Gasteiger partial charge on any atom is 0.452 e. The van der Waals surface area contributed by atoms with Gasteiger partial charge in [-0.2, -0.15) is 26.3 Å². The number of aromatic nitrogens is 6. The molecule has 6 aromatic rings. The molecule has 0 aliphatic carbocycles. The summed E-state index contributed by atoms with van der Waals surface area (Å²) in [6.45, 7) is 9.67. The zero-order chi connectivity index (χ0) is 35.7. The van der Waals surface area contributed by atoms with E-state index in [9.17, 15) is 31.4 Å². The van der Waals surface area contributed by atoms with Crippen LogP contribution in [-0.4, -0.2) is 39.2 Å². The SMILES string of the molecule is CC(C)(C)c1ccc(-c2ccc3nnc(C(F)(F)F)n3c2)cc1.CC(C)(O)c1ccc(-c2ccc3nnc(C(F)(F)F)n3c2)cc1.CI. The Bertz CT molecular complexity index is 1840. The molecule has 0 amide bonds. The van der Waals surface area contributed by atoms with Crippen LogP contribution < -0.4 is 0 Å². The van der Waals surface area contributed by atoms with Gasteiger partial charge in [-0.25, -0.2) is 0 Å². The number of hydrogen-bond donors (Lipinski definition) is 1. The number of rotatable bonds is 3. The highest BCUT2D eigenvalue weighted by molar-refractivity contribution is 14.1. The Kier molecular flexibility index (Phi) is 10.6. The van der Waals surface area contributed by atoms with Crippen molar-refractivity contribution in [3.8, 4) is 22.3 Å². The molecule has 0 saturated heterocycles. The first-order chi connectivity index (χ1) is 22.3. The average Bonchev–Trinajstić information content (AvgIpc) is 3.66. The third-order valence-corrected chi connectivity index (χ3v) is 7.32. The van der Waals surface area contributed by atoms with E-state index in [0.717, 1.165) is 25.5 Å². The summed E-state index contributed by atoms with van der Waals surface area (Å²) in [7, 11) is 0. The minimum Gasteiger partial charge on any atom is -0.386 e. The summed E-state index contributed by atoms with van der Waals surface area (Å²) in [5, 5.41) is 23.5. The number of aliphatic hydroxyl groups is 1. The van der Waals surface area contributed by atoms with Crippen molar-refractivity contribution >= 4 is 33.9 Å². The molecule has 0 unspecified atom stereocenters. The summed E-state index contributed by atoms with van der Waals surface area (Å²) in [5.74, 6) is -2.07. The summed E-state index contributed by atoms with van der Waals surface area (Å²) in [4.78, 5) is 1.97. The maximum atomic E-state index is 12.9. The fourth-order valence-electron chi connectivity index (χ4n) is 4.74. The van der Waals surface area contributed by atoms with E-state index in [1.54, 1.807) is 50.2 Å². The van der Waals surface area contributed by atoms with Gasteiger partial charge in [-0.1, -0.05) is 91.9 Å². The van der Waals surface area contributed by atoms with Crippen LogP contribution in [0.2, 0.25) is 0 Å². The summed E-state index contributed by atoms with van der Waals surface area (Å²) in [5.41, 5.74) is 4.13. The first kappa shape index (κ1) is 36.8. The second kappa shape index (κ2) is 13.8. The van der Waals surface area contributed by atoms with E-state index in [2.05, 4.69) is 63.8 Å². The Morgan fingerprint density at radius 2 is 0.833 bits per heavy atom. The van der Waals surface area contributed by atoms with E-state index in [-0.39, 0.29) is 16.7 Å². The molecule has 0 aliphatic heterocycles. The number of fused-ring (bicyclic) bond motifs is 2. The van der Waals surface area contributed by atoms with Crippen molar-refractivity contribution in [2.24, 2.45) is 0 Å². The lowest BCUT2D eigenvalue weighted by Gasteiger charge is -2.19. The minimum atomic E-state index is -4.57. The van der Waals surface area contributed by atoms with Crippen molar-refractivity contribution in [2.75, 3.05) is 4.93 Å². The van der Waals surface area contributed by atoms with Crippen LogP contribution >= 0.6 is 22.6 Å². The number of nitrogens with zero attached hydrogens (tertiary/aromatic N) is 6. The molecule has 4 aromatic heterocycles. The molecule has 0 bridgehead atoms. The van der Waals surface area contributed by atoms with E-state index in [1.807, 2.05) is 29.2 Å². The average molecular weight is 783 g/mol. The van der Waals surface area contributed by atoms with Crippen molar-refractivity contribution in [1.29, 1.82) is 0 Å². The fraction of sp³-hybridized carbons (Fsp3) is 0.294. The standard InChI is InChI=1S/C17H16F3N3.C16H14F3N3O.CH3I/c1-16(2,3)13-7-4-11(5-8-13)12-6-9-14-21-22-15(17(18,19)20)23(14)10-12;1-15(2,23)12-6-3-10(4-7-12)11-5-8-13-20-21-14(16(17,18)19)22(13)9-11;1-2/h4-10H,1-3H3;3-9,23H,1-2H3;1H3. The van der Waals surface area contributed by atoms with E-state index >= 15 is 0 Å². The lowest BCUT2D eigenvalue weighted by molar-refractivity contribution is -0.146. The summed E-state index contributed by atoms with van der Waals surface area (Å²) < 4.78 is 79.5. The molecule has 0 aliphatic rings. The number of benzene rings is 2. The van der Waals surface area contributed by atoms with Gasteiger partial charge in [-0.05, 0) is 81.8 Å². The van der Waals surface area contributed by atoms with Crippen molar-refractivity contribution in [1.82, 2.24) is 29.2 Å². The number of pyridine rings is 2. The Morgan fingerprint density at radius 1 is 0.500 bits per heavy atom. The lowest BCUT2D eigenvalue weighted by atomic mass is 9.86. The molecule has 7 nitrogen and oxygen atoms in total. The molecule has 1 N–H and O–H groups in total. The molecule has 0 spiro atoms. The predicted octanol–water partition coefficient (Wildman–Crippen LogP) is 9.41. The fourth-order valence-corrected chi connectivity index (χ4v) is 4.74. The topological polar surface area (TPSA) is 80.6 Å². The summed E-state index contributed by atoms with van der Waals surface area (Å²) >= 11 is 2.15. The Labute approximate surface area is 286 Å². The molecule has 6 rings (SSSR count). The molecule has 0 saturated carbocycles. The van der Waals surface area contributed by atoms with E-state index in [0.29, 0.717) is 11.1 Å². The van der Waals surface area contributed by atoms with Crippen molar-refractivity contribution in [3.63, 3.8) is 0 Å². The minimum absolute atomic E-state index is 0.0280. The van der Waals surface area contributed by atoms with Crippen LogP contribution in [0.15, 0.2) is 85.2 Å². The van der Waals surface area contributed by atoms with Crippen LogP contribution in [0.3, 0.4) is 0 Å². The van der Waals surface area contributed by atoms with Crippen LogP contribution in [0.1, 0.15) is 57.4 Å². The van der Waals surface area contributed by atoms with Crippen molar-refractivity contribution in [3.05, 3.63) is 108 Å². The van der Waals surface area contributed by atoms with E-state index in [1.165, 1.54) is 30.1 Å². The molecule has 254 valence electrons. The van der Waals surface area contributed by atoms with Gasteiger partial charge in [0, 0.05) is 12.4 Å². The van der Waals surface area contributed by atoms with E-state index < -0.39 is 29.6 Å². The van der Waals surface area contributed by atoms with Crippen LogP contribution in [0.5, 0.6) is 0 Å². The molecule has 0 atom stereocenters. The molecular weight excluding hydrogens is 749 g/mol. The van der Waals surface area contributed by atoms with Crippen LogP contribution in [0.25, 0.3) is 33.5 Å². The van der Waals surface area contributed by atoms with Gasteiger partial charge in [-0.15, -0.1) is 20.4 Å². The molecular formula is C34H33F6IN6O. The second-order valence-electron chi connectivity index (χ2n) is 12.3. The molecule has 0 fully saturated rings. The molecule has 2 aromatic carbocycles. The van der Waals surface area contributed by atoms with Gasteiger partial charge in [0.15, 0.2) is 11.3 Å². The zero-order valence-electron chi connectivity index (χ0n) is 26.9. The molecule has 48 heavy (non-hydrogen) atoms. The first-order valence-electron chi connectivity index (χ1n) is 14.5. The van der Waals surface area contributed by atoms with Gasteiger partial charge < -0.3 is 5.11 Å². The Hall–Kier alpha value is -4.05. The molecule has 0 radical (unpaired) electrons. The monoisotopic (exact) mass is 782 g/mol. The van der Waals surface area contributed by atoms with Crippen LogP contribution in [-0.2, 0) is 23.4 Å². The normalized spacial score (nSPS) is 12.4. The number of alkyl halides is 7. The van der Waals surface area contributed by atoms with Gasteiger partial charge >= 0.3 is 12.4 Å². The van der Waals surface area contributed by atoms with Gasteiger partial charge in [-0.3, -0.25) is 8.80 Å². The van der Waals surface area contributed by atoms with Gasteiger partial charge in [0.2, 0.25) is 11.6 Å². The number of hydrogen-bond acceptors (Lipinski definition) is 5. The van der Waals surface area contributed by atoms with Crippen LogP contribution in [0, 0.1) is 0 Å². The van der Waals surface area contributed by atoms with Gasteiger partial charge in [0.1, 0.15) is 0 Å². The smallest absolute Gasteiger partial charge is 0.386 e. The Balaban J connectivity index is 0.000000206. The van der Waals surface area contributed by atoms with Gasteiger partial charge in [0.05, 0.1) is 5.60 Å². The zero-order valence-corrected chi connectivity index (χ0v) is 29.0. The highest BCUT2D eigenvalue weighted by atomic mass is 127. The summed E-state index contributed by atoms with van der Waals surface area (Å²) in [6.07, 6.45) is -6.32. The third-order valence-electron chi connectivity index (χ3n) is 7.32. The van der Waals surface area contributed by atoms with Gasteiger partial charge in [0.25, 0.3) is 0 Å². The predicted molar refractivity (Wildman–Crippen MR) is 181 cm³/mol. The molecule has 4 heterocycles.